The van der Waals surface area contributed by atoms with Crippen molar-refractivity contribution in [2.45, 2.75) is 6.54 Å². The Morgan fingerprint density at radius 3 is 2.65 bits per heavy atom. The number of nitrogens with one attached hydrogen (secondary N) is 2. The number of rotatable bonds is 3. The third kappa shape index (κ3) is 2.77. The highest BCUT2D eigenvalue weighted by Gasteiger charge is 2.00. The fourth-order valence-electron chi connectivity index (χ4n) is 1.21. The Morgan fingerprint density at radius 2 is 2.00 bits per heavy atom. The van der Waals surface area contributed by atoms with Crippen molar-refractivity contribution >= 4 is 11.8 Å². The standard InChI is InChI=1S/C10H10FN5O/c11-7-3-1-6(2-4-7)5-13-10-14-9(17)8(12)15-16-10/h1-4H,5H2,(H2,12,15)(H2,13,14,16,17). The maximum Gasteiger partial charge on any atom is 0.295 e. The molecule has 0 atom stereocenters. The van der Waals surface area contributed by atoms with E-state index in [-0.39, 0.29) is 17.6 Å². The first-order valence-electron chi connectivity index (χ1n) is 4.86. The van der Waals surface area contributed by atoms with Gasteiger partial charge in [0.05, 0.1) is 0 Å². The second-order valence-electron chi connectivity index (χ2n) is 3.37. The number of nitrogens with zero attached hydrogens (tertiary/aromatic N) is 2. The van der Waals surface area contributed by atoms with E-state index < -0.39 is 5.56 Å². The van der Waals surface area contributed by atoms with E-state index >= 15 is 0 Å². The topological polar surface area (TPSA) is 96.7 Å². The summed E-state index contributed by atoms with van der Waals surface area (Å²) in [6, 6.07) is 5.97. The minimum absolute atomic E-state index is 0.183. The van der Waals surface area contributed by atoms with Crippen LogP contribution in [0.2, 0.25) is 0 Å². The molecular weight excluding hydrogens is 225 g/mol. The summed E-state index contributed by atoms with van der Waals surface area (Å²) < 4.78 is 12.6. The lowest BCUT2D eigenvalue weighted by molar-refractivity contribution is 0.627. The number of hydrogen-bond acceptors (Lipinski definition) is 5. The van der Waals surface area contributed by atoms with Gasteiger partial charge in [-0.15, -0.1) is 10.2 Å². The Labute approximate surface area is 95.7 Å². The third-order valence-electron chi connectivity index (χ3n) is 2.10. The molecule has 0 fully saturated rings. The number of aromatic amines is 1. The summed E-state index contributed by atoms with van der Waals surface area (Å²) in [5.74, 6) is -0.264. The van der Waals surface area contributed by atoms with Gasteiger partial charge in [-0.05, 0) is 17.7 Å². The molecule has 6 nitrogen and oxygen atoms in total. The van der Waals surface area contributed by atoms with Gasteiger partial charge in [0.15, 0.2) is 0 Å². The molecule has 0 bridgehead atoms. The van der Waals surface area contributed by atoms with Gasteiger partial charge < -0.3 is 11.1 Å². The van der Waals surface area contributed by atoms with Crippen molar-refractivity contribution in [3.05, 3.63) is 46.0 Å². The minimum atomic E-state index is -0.499. The van der Waals surface area contributed by atoms with E-state index in [9.17, 15) is 9.18 Å². The predicted octanol–water partition coefficient (Wildman–Crippen LogP) is 0.498. The first-order chi connectivity index (χ1) is 8.15. The van der Waals surface area contributed by atoms with Gasteiger partial charge >= 0.3 is 0 Å². The van der Waals surface area contributed by atoms with Crippen molar-refractivity contribution < 1.29 is 4.39 Å². The van der Waals surface area contributed by atoms with Crippen LogP contribution >= 0.6 is 0 Å². The second-order valence-corrected chi connectivity index (χ2v) is 3.37. The molecule has 0 saturated heterocycles. The quantitative estimate of drug-likeness (QED) is 0.719. The summed E-state index contributed by atoms with van der Waals surface area (Å²) in [7, 11) is 0. The molecular formula is C10H10FN5O. The highest BCUT2D eigenvalue weighted by molar-refractivity contribution is 5.30. The van der Waals surface area contributed by atoms with E-state index in [2.05, 4.69) is 20.5 Å². The summed E-state index contributed by atoms with van der Waals surface area (Å²) in [6.45, 7) is 0.398. The highest BCUT2D eigenvalue weighted by atomic mass is 19.1. The molecule has 2 aromatic rings. The smallest absolute Gasteiger partial charge is 0.295 e. The van der Waals surface area contributed by atoms with E-state index in [1.165, 1.54) is 12.1 Å². The largest absolute Gasteiger partial charge is 0.378 e. The number of nitrogen functional groups attached to an aromatic ring is 1. The molecule has 0 radical (unpaired) electrons. The van der Waals surface area contributed by atoms with Gasteiger partial charge in [0.2, 0.25) is 11.8 Å². The first kappa shape index (κ1) is 11.1. The van der Waals surface area contributed by atoms with E-state index in [1.54, 1.807) is 12.1 Å². The maximum absolute atomic E-state index is 12.6. The molecule has 0 aliphatic rings. The zero-order chi connectivity index (χ0) is 12.3. The fourth-order valence-corrected chi connectivity index (χ4v) is 1.21. The molecule has 7 heteroatoms. The molecule has 0 unspecified atom stereocenters. The summed E-state index contributed by atoms with van der Waals surface area (Å²) in [5, 5.41) is 9.96. The minimum Gasteiger partial charge on any atom is -0.378 e. The molecule has 1 heterocycles. The van der Waals surface area contributed by atoms with Crippen LogP contribution in [0.4, 0.5) is 16.2 Å². The van der Waals surface area contributed by atoms with Crippen molar-refractivity contribution in [2.24, 2.45) is 0 Å². The zero-order valence-corrected chi connectivity index (χ0v) is 8.77. The maximum atomic E-state index is 12.6. The molecule has 4 N–H and O–H groups in total. The van der Waals surface area contributed by atoms with E-state index in [0.717, 1.165) is 5.56 Å². The average Bonchev–Trinajstić information content (AvgIpc) is 2.33. The number of anilines is 2. The van der Waals surface area contributed by atoms with Crippen molar-refractivity contribution in [3.63, 3.8) is 0 Å². The summed E-state index contributed by atoms with van der Waals surface area (Å²) in [6.07, 6.45) is 0. The Balaban J connectivity index is 2.04. The Kier molecular flexibility index (Phi) is 2.99. The van der Waals surface area contributed by atoms with E-state index in [4.69, 9.17) is 5.73 Å². The van der Waals surface area contributed by atoms with Gasteiger partial charge in [0.25, 0.3) is 5.56 Å². The Hall–Kier alpha value is -2.44. The molecule has 88 valence electrons. The molecule has 0 aliphatic heterocycles. The molecule has 2 rings (SSSR count). The number of nitrogens with two attached hydrogens (primary N) is 1. The molecule has 17 heavy (non-hydrogen) atoms. The van der Waals surface area contributed by atoms with Crippen LogP contribution in [-0.4, -0.2) is 15.2 Å². The van der Waals surface area contributed by atoms with Crippen LogP contribution in [0, 0.1) is 5.82 Å². The van der Waals surface area contributed by atoms with E-state index in [0.29, 0.717) is 6.54 Å². The van der Waals surface area contributed by atoms with Gasteiger partial charge in [-0.25, -0.2) is 4.39 Å². The van der Waals surface area contributed by atoms with Gasteiger partial charge in [-0.1, -0.05) is 12.1 Å². The number of aromatic nitrogens is 3. The van der Waals surface area contributed by atoms with Crippen LogP contribution < -0.4 is 16.6 Å². The number of hydrogen-bond donors (Lipinski definition) is 3. The SMILES string of the molecule is Nc1nnc(NCc2ccc(F)cc2)[nH]c1=O. The Morgan fingerprint density at radius 1 is 1.29 bits per heavy atom. The fraction of sp³-hybridized carbons (Fsp3) is 0.100. The average molecular weight is 235 g/mol. The molecule has 0 spiro atoms. The molecule has 0 amide bonds. The lowest BCUT2D eigenvalue weighted by Crippen LogP contribution is -2.18. The molecule has 1 aromatic carbocycles. The highest BCUT2D eigenvalue weighted by Crippen LogP contribution is 2.04. The van der Waals surface area contributed by atoms with Gasteiger partial charge in [-0.2, -0.15) is 0 Å². The zero-order valence-electron chi connectivity index (χ0n) is 8.77. The summed E-state index contributed by atoms with van der Waals surface area (Å²) >= 11 is 0. The van der Waals surface area contributed by atoms with Gasteiger partial charge in [0, 0.05) is 6.54 Å². The molecule has 1 aromatic heterocycles. The second kappa shape index (κ2) is 4.60. The molecule has 0 aliphatic carbocycles. The van der Waals surface area contributed by atoms with Crippen LogP contribution in [0.5, 0.6) is 0 Å². The normalized spacial score (nSPS) is 10.2. The van der Waals surface area contributed by atoms with Crippen LogP contribution in [0.15, 0.2) is 29.1 Å². The lowest BCUT2D eigenvalue weighted by atomic mass is 10.2. The monoisotopic (exact) mass is 235 g/mol. The van der Waals surface area contributed by atoms with Gasteiger partial charge in [-0.3, -0.25) is 9.78 Å². The summed E-state index contributed by atoms with van der Waals surface area (Å²) in [4.78, 5) is 13.5. The summed E-state index contributed by atoms with van der Waals surface area (Å²) in [5.41, 5.74) is 5.58. The first-order valence-corrected chi connectivity index (χ1v) is 4.86. The lowest BCUT2D eigenvalue weighted by Gasteiger charge is -2.04. The van der Waals surface area contributed by atoms with Crippen molar-refractivity contribution in [1.82, 2.24) is 15.2 Å². The van der Waals surface area contributed by atoms with E-state index in [1.807, 2.05) is 0 Å². The number of halogens is 1. The third-order valence-corrected chi connectivity index (χ3v) is 2.10. The van der Waals surface area contributed by atoms with Crippen LogP contribution in [0.3, 0.4) is 0 Å². The van der Waals surface area contributed by atoms with Crippen LogP contribution in [0.1, 0.15) is 5.56 Å². The van der Waals surface area contributed by atoms with Crippen molar-refractivity contribution in [2.75, 3.05) is 11.1 Å². The molecule has 0 saturated carbocycles. The van der Waals surface area contributed by atoms with Crippen molar-refractivity contribution in [1.29, 1.82) is 0 Å². The van der Waals surface area contributed by atoms with Crippen molar-refractivity contribution in [3.8, 4) is 0 Å². The van der Waals surface area contributed by atoms with Crippen LogP contribution in [-0.2, 0) is 6.54 Å². The predicted molar refractivity (Wildman–Crippen MR) is 60.8 cm³/mol. The van der Waals surface area contributed by atoms with Crippen LogP contribution in [0.25, 0.3) is 0 Å². The van der Waals surface area contributed by atoms with Gasteiger partial charge in [0.1, 0.15) is 5.82 Å². The number of benzene rings is 1. The number of H-pyrrole nitrogens is 1. The Bertz CT molecular complexity index is 566.